The third kappa shape index (κ3) is 2.94. The van der Waals surface area contributed by atoms with Crippen molar-refractivity contribution in [1.82, 2.24) is 9.80 Å². The summed E-state index contributed by atoms with van der Waals surface area (Å²) in [5.74, 6) is 2.55. The molecule has 0 aromatic heterocycles. The number of likely N-dealkylation sites (N-methyl/N-ethyl adjacent to an activating group) is 1. The molecule has 0 bridgehead atoms. The van der Waals surface area contributed by atoms with Crippen LogP contribution in [0.1, 0.15) is 24.8 Å². The summed E-state index contributed by atoms with van der Waals surface area (Å²) in [4.78, 5) is 4.76. The van der Waals surface area contributed by atoms with Crippen LogP contribution >= 0.6 is 11.8 Å². The first-order valence-corrected chi connectivity index (χ1v) is 9.53. The summed E-state index contributed by atoms with van der Waals surface area (Å²) in [5.41, 5.74) is 0.993. The largest absolute Gasteiger partial charge is 0.389 e. The van der Waals surface area contributed by atoms with E-state index in [-0.39, 0.29) is 11.6 Å². The van der Waals surface area contributed by atoms with Gasteiger partial charge in [0.05, 0.1) is 11.6 Å². The molecule has 2 saturated heterocycles. The summed E-state index contributed by atoms with van der Waals surface area (Å²) in [7, 11) is 4.20. The maximum atomic E-state index is 11.1. The van der Waals surface area contributed by atoms with Crippen LogP contribution in [0.5, 0.6) is 0 Å². The first kappa shape index (κ1) is 16.3. The molecular formula is C18H28N2OS. The normalized spacial score (nSPS) is 31.5. The highest BCUT2D eigenvalue weighted by Crippen LogP contribution is 2.39. The Balaban J connectivity index is 1.79. The molecule has 1 N–H and O–H groups in total. The number of hydrogen-bond acceptors (Lipinski definition) is 4. The van der Waals surface area contributed by atoms with E-state index >= 15 is 0 Å². The molecule has 1 aromatic rings. The van der Waals surface area contributed by atoms with Crippen molar-refractivity contribution >= 4 is 11.8 Å². The van der Waals surface area contributed by atoms with Gasteiger partial charge < -0.3 is 5.11 Å². The lowest BCUT2D eigenvalue weighted by atomic mass is 9.77. The standard InChI is InChI=1S/C18H28N2OS/c1-19(2)18(15-6-4-3-5-7-15)10-11-20(14-17(18)21)16-8-12-22-13-9-16/h3-7,16-17,21H,8-14H2,1-2H3/t17-,18+/m1/s1. The zero-order valence-electron chi connectivity index (χ0n) is 13.7. The molecule has 2 heterocycles. The van der Waals surface area contributed by atoms with E-state index in [4.69, 9.17) is 0 Å². The van der Waals surface area contributed by atoms with Gasteiger partial charge in [0.25, 0.3) is 0 Å². The predicted octanol–water partition coefficient (Wildman–Crippen LogP) is 2.41. The second-order valence-corrected chi connectivity index (χ2v) is 8.01. The molecule has 0 spiro atoms. The molecule has 122 valence electrons. The van der Waals surface area contributed by atoms with Gasteiger partial charge >= 0.3 is 0 Å². The number of thioether (sulfide) groups is 1. The molecule has 22 heavy (non-hydrogen) atoms. The number of hydrogen-bond donors (Lipinski definition) is 1. The third-order valence-electron chi connectivity index (χ3n) is 5.52. The fraction of sp³-hybridized carbons (Fsp3) is 0.667. The lowest BCUT2D eigenvalue weighted by Gasteiger charge is -2.51. The van der Waals surface area contributed by atoms with E-state index in [1.165, 1.54) is 29.9 Å². The Morgan fingerprint density at radius 3 is 2.45 bits per heavy atom. The molecule has 1 aromatic carbocycles. The van der Waals surface area contributed by atoms with Crippen molar-refractivity contribution in [2.75, 3.05) is 38.7 Å². The number of benzene rings is 1. The quantitative estimate of drug-likeness (QED) is 0.925. The SMILES string of the molecule is CN(C)[C@]1(c2ccccc2)CCN(C2CCSCC2)C[C@H]1O. The summed E-state index contributed by atoms with van der Waals surface area (Å²) in [6.45, 7) is 1.88. The van der Waals surface area contributed by atoms with Crippen LogP contribution in [0.15, 0.2) is 30.3 Å². The molecule has 0 saturated carbocycles. The summed E-state index contributed by atoms with van der Waals surface area (Å²) >= 11 is 2.07. The Kier molecular flexibility index (Phi) is 5.13. The first-order valence-electron chi connectivity index (χ1n) is 8.37. The summed E-state index contributed by atoms with van der Waals surface area (Å²) in [6, 6.07) is 11.2. The summed E-state index contributed by atoms with van der Waals surface area (Å²) in [6.07, 6.45) is 3.21. The van der Waals surface area contributed by atoms with Crippen molar-refractivity contribution in [1.29, 1.82) is 0 Å². The number of aliphatic hydroxyl groups excluding tert-OH is 1. The van der Waals surface area contributed by atoms with Gasteiger partial charge in [-0.05, 0) is 50.4 Å². The monoisotopic (exact) mass is 320 g/mol. The minimum absolute atomic E-state index is 0.249. The molecule has 2 aliphatic rings. The van der Waals surface area contributed by atoms with E-state index in [0.29, 0.717) is 6.04 Å². The van der Waals surface area contributed by atoms with E-state index in [2.05, 4.69) is 59.9 Å². The molecule has 0 amide bonds. The van der Waals surface area contributed by atoms with Crippen LogP contribution < -0.4 is 0 Å². The van der Waals surface area contributed by atoms with E-state index in [1.54, 1.807) is 0 Å². The van der Waals surface area contributed by atoms with E-state index in [9.17, 15) is 5.11 Å². The Bertz CT molecular complexity index is 475. The second kappa shape index (κ2) is 6.91. The van der Waals surface area contributed by atoms with Crippen molar-refractivity contribution in [2.45, 2.75) is 36.9 Å². The highest BCUT2D eigenvalue weighted by atomic mass is 32.2. The number of β-amino-alcohol motifs (C(OH)–C–C–N with tert-alkyl or cyclic N) is 1. The minimum Gasteiger partial charge on any atom is -0.389 e. The fourth-order valence-corrected chi connectivity index (χ4v) is 5.25. The van der Waals surface area contributed by atoms with Gasteiger partial charge in [-0.15, -0.1) is 0 Å². The van der Waals surface area contributed by atoms with Gasteiger partial charge in [-0.3, -0.25) is 9.80 Å². The van der Waals surface area contributed by atoms with Gasteiger partial charge in [0, 0.05) is 19.1 Å². The lowest BCUT2D eigenvalue weighted by molar-refractivity contribution is -0.0785. The van der Waals surface area contributed by atoms with Crippen LogP contribution in [0.2, 0.25) is 0 Å². The zero-order valence-corrected chi connectivity index (χ0v) is 14.6. The smallest absolute Gasteiger partial charge is 0.0892 e. The van der Waals surface area contributed by atoms with Gasteiger partial charge in [-0.2, -0.15) is 11.8 Å². The summed E-state index contributed by atoms with van der Waals surface area (Å²) in [5, 5.41) is 11.1. The molecule has 2 fully saturated rings. The van der Waals surface area contributed by atoms with Crippen molar-refractivity contribution in [2.24, 2.45) is 0 Å². The number of rotatable bonds is 3. The number of piperidine rings is 1. The van der Waals surface area contributed by atoms with Crippen LogP contribution in [0.25, 0.3) is 0 Å². The Hall–Kier alpha value is -0.550. The molecular weight excluding hydrogens is 292 g/mol. The van der Waals surface area contributed by atoms with Gasteiger partial charge in [0.2, 0.25) is 0 Å². The molecule has 4 heteroatoms. The van der Waals surface area contributed by atoms with Crippen molar-refractivity contribution in [3.05, 3.63) is 35.9 Å². The predicted molar refractivity (Wildman–Crippen MR) is 94.4 cm³/mol. The van der Waals surface area contributed by atoms with Gasteiger partial charge in [0.1, 0.15) is 0 Å². The van der Waals surface area contributed by atoms with Crippen LogP contribution in [-0.4, -0.2) is 65.7 Å². The van der Waals surface area contributed by atoms with Crippen molar-refractivity contribution in [3.8, 4) is 0 Å². The molecule has 3 rings (SSSR count). The maximum Gasteiger partial charge on any atom is 0.0892 e. The number of nitrogens with zero attached hydrogens (tertiary/aromatic N) is 2. The number of likely N-dealkylation sites (tertiary alicyclic amines) is 1. The molecule has 2 atom stereocenters. The Labute approximate surface area is 138 Å². The molecule has 0 unspecified atom stereocenters. The molecule has 3 nitrogen and oxygen atoms in total. The Morgan fingerprint density at radius 1 is 1.18 bits per heavy atom. The fourth-order valence-electron chi connectivity index (χ4n) is 4.17. The lowest BCUT2D eigenvalue weighted by Crippen LogP contribution is -2.61. The van der Waals surface area contributed by atoms with E-state index < -0.39 is 0 Å². The van der Waals surface area contributed by atoms with E-state index in [0.717, 1.165) is 19.5 Å². The van der Waals surface area contributed by atoms with Crippen molar-refractivity contribution in [3.63, 3.8) is 0 Å². The molecule has 2 aliphatic heterocycles. The highest BCUT2D eigenvalue weighted by Gasteiger charge is 2.46. The average molecular weight is 321 g/mol. The van der Waals surface area contributed by atoms with E-state index in [1.807, 2.05) is 6.07 Å². The van der Waals surface area contributed by atoms with Crippen LogP contribution in [0, 0.1) is 0 Å². The zero-order chi connectivity index (χ0) is 15.6. The van der Waals surface area contributed by atoms with Gasteiger partial charge in [0.15, 0.2) is 0 Å². The van der Waals surface area contributed by atoms with Crippen LogP contribution in [0.4, 0.5) is 0 Å². The van der Waals surface area contributed by atoms with Crippen LogP contribution in [-0.2, 0) is 5.54 Å². The van der Waals surface area contributed by atoms with Gasteiger partial charge in [-0.1, -0.05) is 30.3 Å². The maximum absolute atomic E-state index is 11.1. The van der Waals surface area contributed by atoms with Crippen molar-refractivity contribution < 1.29 is 5.11 Å². The average Bonchev–Trinajstić information content (AvgIpc) is 2.56. The molecule has 0 radical (unpaired) electrons. The highest BCUT2D eigenvalue weighted by molar-refractivity contribution is 7.99. The first-order chi connectivity index (χ1) is 10.6. The Morgan fingerprint density at radius 2 is 1.86 bits per heavy atom. The van der Waals surface area contributed by atoms with Gasteiger partial charge in [-0.25, -0.2) is 0 Å². The topological polar surface area (TPSA) is 26.7 Å². The summed E-state index contributed by atoms with van der Waals surface area (Å²) < 4.78 is 0. The second-order valence-electron chi connectivity index (χ2n) is 6.79. The minimum atomic E-state index is -0.340. The molecule has 0 aliphatic carbocycles. The van der Waals surface area contributed by atoms with Crippen LogP contribution in [0.3, 0.4) is 0 Å². The third-order valence-corrected chi connectivity index (χ3v) is 6.57. The number of aliphatic hydroxyl groups is 1.